The molecule has 0 radical (unpaired) electrons. The zero-order chi connectivity index (χ0) is 15.5. The highest BCUT2D eigenvalue weighted by Crippen LogP contribution is 2.29. The number of hydrogen-bond donors (Lipinski definition) is 2. The van der Waals surface area contributed by atoms with Crippen molar-refractivity contribution in [3.8, 4) is 0 Å². The van der Waals surface area contributed by atoms with Crippen LogP contribution in [-0.2, 0) is 19.1 Å². The Balaban J connectivity index is 2.10. The Labute approximate surface area is 120 Å². The summed E-state index contributed by atoms with van der Waals surface area (Å²) in [5, 5.41) is 4.16. The molecule has 7 heteroatoms. The van der Waals surface area contributed by atoms with Crippen LogP contribution in [0.1, 0.15) is 23.1 Å². The third-order valence-corrected chi connectivity index (χ3v) is 3.22. The molecule has 4 nitrogen and oxygen atoms in total. The van der Waals surface area contributed by atoms with Gasteiger partial charge in [0.25, 0.3) is 0 Å². The van der Waals surface area contributed by atoms with E-state index in [1.165, 1.54) is 12.1 Å². The molecule has 21 heavy (non-hydrogen) atoms. The van der Waals surface area contributed by atoms with Crippen molar-refractivity contribution in [1.29, 1.82) is 0 Å². The van der Waals surface area contributed by atoms with E-state index in [1.807, 2.05) is 0 Å². The summed E-state index contributed by atoms with van der Waals surface area (Å²) in [5.74, 6) is 0.531. The van der Waals surface area contributed by atoms with Crippen LogP contribution in [0.25, 0.3) is 0 Å². The highest BCUT2D eigenvalue weighted by atomic mass is 19.4. The molecule has 1 aromatic heterocycles. The second-order valence-electron chi connectivity index (χ2n) is 4.80. The molecule has 0 aliphatic rings. The van der Waals surface area contributed by atoms with Crippen LogP contribution >= 0.6 is 0 Å². The number of alkyl halides is 3. The number of nitrogens with zero attached hydrogens (tertiary/aromatic N) is 2. The Morgan fingerprint density at radius 2 is 1.81 bits per heavy atom. The zero-order valence-electron chi connectivity index (χ0n) is 11.4. The minimum atomic E-state index is -4.32. The average Bonchev–Trinajstić information content (AvgIpc) is 2.77. The molecule has 0 aliphatic carbocycles. The van der Waals surface area contributed by atoms with Crippen LogP contribution in [0, 0.1) is 0 Å². The van der Waals surface area contributed by atoms with Gasteiger partial charge in [-0.25, -0.2) is 4.68 Å². The van der Waals surface area contributed by atoms with Gasteiger partial charge in [-0.15, -0.1) is 0 Å². The molecule has 114 valence electrons. The molecule has 0 unspecified atom stereocenters. The summed E-state index contributed by atoms with van der Waals surface area (Å²) >= 11 is 0. The SMILES string of the molecule is NCCCc1cnn(Cc2ccc(C(F)(F)F)cc2)c1N. The Morgan fingerprint density at radius 1 is 1.14 bits per heavy atom. The number of benzene rings is 1. The van der Waals surface area contributed by atoms with E-state index in [9.17, 15) is 13.2 Å². The van der Waals surface area contributed by atoms with Gasteiger partial charge in [-0.1, -0.05) is 12.1 Å². The van der Waals surface area contributed by atoms with Crippen molar-refractivity contribution in [2.24, 2.45) is 5.73 Å². The van der Waals surface area contributed by atoms with Gasteiger partial charge in [0.1, 0.15) is 5.82 Å². The molecular formula is C14H17F3N4. The van der Waals surface area contributed by atoms with E-state index < -0.39 is 11.7 Å². The maximum Gasteiger partial charge on any atom is 0.416 e. The standard InChI is InChI=1S/C14H17F3N4/c15-14(16,17)12-5-3-10(4-6-12)9-21-13(19)11(8-20-21)2-1-7-18/h3-6,8H,1-2,7,9,18-19H2. The van der Waals surface area contributed by atoms with E-state index in [0.29, 0.717) is 24.5 Å². The van der Waals surface area contributed by atoms with Crippen molar-refractivity contribution in [1.82, 2.24) is 9.78 Å². The third kappa shape index (κ3) is 3.75. The maximum absolute atomic E-state index is 12.5. The maximum atomic E-state index is 12.5. The minimum absolute atomic E-state index is 0.340. The normalized spacial score (nSPS) is 11.8. The monoisotopic (exact) mass is 298 g/mol. The Morgan fingerprint density at radius 3 is 2.38 bits per heavy atom. The number of hydrogen-bond acceptors (Lipinski definition) is 3. The molecule has 2 rings (SSSR count). The van der Waals surface area contributed by atoms with Crippen LogP contribution in [0.15, 0.2) is 30.5 Å². The Bertz CT molecular complexity index is 587. The molecule has 1 aromatic carbocycles. The number of aromatic nitrogens is 2. The van der Waals surface area contributed by atoms with Crippen molar-refractivity contribution >= 4 is 5.82 Å². The van der Waals surface area contributed by atoms with Crippen LogP contribution < -0.4 is 11.5 Å². The van der Waals surface area contributed by atoms with E-state index >= 15 is 0 Å². The van der Waals surface area contributed by atoms with Crippen LogP contribution in [0.5, 0.6) is 0 Å². The van der Waals surface area contributed by atoms with Crippen LogP contribution in [0.2, 0.25) is 0 Å². The molecule has 1 heterocycles. The fraction of sp³-hybridized carbons (Fsp3) is 0.357. The number of aryl methyl sites for hydroxylation is 1. The highest BCUT2D eigenvalue weighted by molar-refractivity contribution is 5.39. The lowest BCUT2D eigenvalue weighted by molar-refractivity contribution is -0.137. The first-order valence-electron chi connectivity index (χ1n) is 6.58. The van der Waals surface area contributed by atoms with E-state index in [0.717, 1.165) is 30.5 Å². The zero-order valence-corrected chi connectivity index (χ0v) is 11.4. The topological polar surface area (TPSA) is 69.9 Å². The fourth-order valence-electron chi connectivity index (χ4n) is 2.02. The summed E-state index contributed by atoms with van der Waals surface area (Å²) in [6, 6.07) is 4.99. The predicted octanol–water partition coefficient (Wildman–Crippen LogP) is 2.42. The Kier molecular flexibility index (Phi) is 4.52. The van der Waals surface area contributed by atoms with Gasteiger partial charge in [0, 0.05) is 5.56 Å². The lowest BCUT2D eigenvalue weighted by Crippen LogP contribution is -2.08. The van der Waals surface area contributed by atoms with Crippen molar-refractivity contribution in [2.45, 2.75) is 25.6 Å². The van der Waals surface area contributed by atoms with Crippen molar-refractivity contribution in [2.75, 3.05) is 12.3 Å². The molecule has 2 aromatic rings. The van der Waals surface area contributed by atoms with Gasteiger partial charge < -0.3 is 11.5 Å². The molecule has 0 spiro atoms. The summed E-state index contributed by atoms with van der Waals surface area (Å²) in [6.07, 6.45) is -1.08. The molecule has 0 atom stereocenters. The van der Waals surface area contributed by atoms with E-state index in [1.54, 1.807) is 10.9 Å². The lowest BCUT2D eigenvalue weighted by Gasteiger charge is -2.09. The largest absolute Gasteiger partial charge is 0.416 e. The van der Waals surface area contributed by atoms with Gasteiger partial charge in [0.05, 0.1) is 18.3 Å². The van der Waals surface area contributed by atoms with Crippen LogP contribution in [0.4, 0.5) is 19.0 Å². The Hall–Kier alpha value is -2.02. The van der Waals surface area contributed by atoms with Gasteiger partial charge in [-0.05, 0) is 37.1 Å². The predicted molar refractivity (Wildman–Crippen MR) is 74.6 cm³/mol. The fourth-order valence-corrected chi connectivity index (χ4v) is 2.02. The average molecular weight is 298 g/mol. The minimum Gasteiger partial charge on any atom is -0.384 e. The molecule has 0 amide bonds. The molecule has 0 saturated heterocycles. The number of rotatable bonds is 5. The molecule has 4 N–H and O–H groups in total. The summed E-state index contributed by atoms with van der Waals surface area (Å²) < 4.78 is 39.0. The van der Waals surface area contributed by atoms with Gasteiger partial charge in [-0.2, -0.15) is 18.3 Å². The summed E-state index contributed by atoms with van der Waals surface area (Å²) in [7, 11) is 0. The summed E-state index contributed by atoms with van der Waals surface area (Å²) in [4.78, 5) is 0. The molecule has 0 aliphatic heterocycles. The lowest BCUT2D eigenvalue weighted by atomic mass is 10.1. The number of nitrogen functional groups attached to an aromatic ring is 1. The number of halogens is 3. The number of anilines is 1. The second-order valence-corrected chi connectivity index (χ2v) is 4.80. The van der Waals surface area contributed by atoms with E-state index in [4.69, 9.17) is 11.5 Å². The first-order chi connectivity index (χ1) is 9.91. The summed E-state index contributed by atoms with van der Waals surface area (Å²) in [5.41, 5.74) is 12.4. The van der Waals surface area contributed by atoms with Crippen LogP contribution in [-0.4, -0.2) is 16.3 Å². The van der Waals surface area contributed by atoms with Gasteiger partial charge >= 0.3 is 6.18 Å². The van der Waals surface area contributed by atoms with Gasteiger partial charge in [-0.3, -0.25) is 0 Å². The first kappa shape index (κ1) is 15.4. The number of nitrogens with two attached hydrogens (primary N) is 2. The van der Waals surface area contributed by atoms with Crippen molar-refractivity contribution < 1.29 is 13.2 Å². The van der Waals surface area contributed by atoms with Crippen molar-refractivity contribution in [3.05, 3.63) is 47.2 Å². The van der Waals surface area contributed by atoms with Gasteiger partial charge in [0.15, 0.2) is 0 Å². The summed E-state index contributed by atoms with van der Waals surface area (Å²) in [6.45, 7) is 0.913. The molecule has 0 fully saturated rings. The third-order valence-electron chi connectivity index (χ3n) is 3.22. The van der Waals surface area contributed by atoms with Crippen LogP contribution in [0.3, 0.4) is 0 Å². The molecule has 0 bridgehead atoms. The quantitative estimate of drug-likeness (QED) is 0.890. The van der Waals surface area contributed by atoms with Gasteiger partial charge in [0.2, 0.25) is 0 Å². The van der Waals surface area contributed by atoms with E-state index in [2.05, 4.69) is 5.10 Å². The van der Waals surface area contributed by atoms with E-state index in [-0.39, 0.29) is 0 Å². The molecular weight excluding hydrogens is 281 g/mol. The van der Waals surface area contributed by atoms with Crippen molar-refractivity contribution in [3.63, 3.8) is 0 Å². The second kappa shape index (κ2) is 6.17. The highest BCUT2D eigenvalue weighted by Gasteiger charge is 2.29. The smallest absolute Gasteiger partial charge is 0.384 e. The first-order valence-corrected chi connectivity index (χ1v) is 6.58. The molecule has 0 saturated carbocycles.